The molecule has 0 atom stereocenters. The average molecular weight is 435 g/mol. The molecule has 4 aromatic carbocycles. The Morgan fingerprint density at radius 3 is 2.18 bits per heavy atom. The van der Waals surface area contributed by atoms with Gasteiger partial charge in [0.1, 0.15) is 0 Å². The third-order valence-corrected chi connectivity index (χ3v) is 5.66. The first kappa shape index (κ1) is 20.3. The first-order valence-corrected chi connectivity index (χ1v) is 10.2. The van der Waals surface area contributed by atoms with Crippen molar-refractivity contribution in [1.29, 1.82) is 0 Å². The normalized spacial score (nSPS) is 12.9. The molecule has 4 aromatic rings. The van der Waals surface area contributed by atoms with Gasteiger partial charge in [0.15, 0.2) is 0 Å². The van der Waals surface area contributed by atoms with Crippen molar-refractivity contribution in [3.05, 3.63) is 122 Å². The van der Waals surface area contributed by atoms with Crippen LogP contribution < -0.4 is 0 Å². The van der Waals surface area contributed by atoms with Gasteiger partial charge in [-0.25, -0.2) is 4.99 Å². The van der Waals surface area contributed by atoms with Crippen molar-refractivity contribution >= 4 is 22.8 Å². The molecule has 5 rings (SSSR count). The van der Waals surface area contributed by atoms with Crippen molar-refractivity contribution in [3.63, 3.8) is 0 Å². The van der Waals surface area contributed by atoms with Crippen LogP contribution in [0.3, 0.4) is 0 Å². The van der Waals surface area contributed by atoms with E-state index in [1.54, 1.807) is 0 Å². The lowest BCUT2D eigenvalue weighted by Crippen LogP contribution is -2.01. The molecule has 0 N–H and O–H groups in total. The van der Waals surface area contributed by atoms with Gasteiger partial charge in [0.25, 0.3) is 11.4 Å². The minimum atomic E-state index is -0.616. The monoisotopic (exact) mass is 435 g/mol. The minimum absolute atomic E-state index is 0.299. The molecule has 0 bridgehead atoms. The largest absolute Gasteiger partial charge is 0.284 e. The van der Waals surface area contributed by atoms with Crippen LogP contribution in [0.4, 0.5) is 17.1 Å². The fraction of sp³-hybridized carbons (Fsp3) is 0.0385. The van der Waals surface area contributed by atoms with Gasteiger partial charge < -0.3 is 0 Å². The number of aryl methyl sites for hydroxylation is 1. The Morgan fingerprint density at radius 1 is 0.697 bits per heavy atom. The van der Waals surface area contributed by atoms with Gasteiger partial charge in [0.05, 0.1) is 32.9 Å². The molecule has 0 aliphatic heterocycles. The van der Waals surface area contributed by atoms with E-state index in [1.165, 1.54) is 6.07 Å². The number of fused-ring (bicyclic) bond motifs is 3. The summed E-state index contributed by atoms with van der Waals surface area (Å²) in [6.07, 6.45) is 0. The van der Waals surface area contributed by atoms with E-state index in [4.69, 9.17) is 4.99 Å². The van der Waals surface area contributed by atoms with Crippen molar-refractivity contribution < 1.29 is 9.85 Å². The van der Waals surface area contributed by atoms with Crippen molar-refractivity contribution in [2.75, 3.05) is 0 Å². The number of nitro groups is 2. The quantitative estimate of drug-likeness (QED) is 0.234. The Balaban J connectivity index is 1.76. The topological polar surface area (TPSA) is 98.6 Å². The summed E-state index contributed by atoms with van der Waals surface area (Å²) in [6.45, 7) is 1.92. The van der Waals surface area contributed by atoms with Crippen molar-refractivity contribution in [3.8, 4) is 22.3 Å². The van der Waals surface area contributed by atoms with Crippen LogP contribution in [-0.4, -0.2) is 15.6 Å². The molecule has 0 unspecified atom stereocenters. The van der Waals surface area contributed by atoms with Crippen LogP contribution >= 0.6 is 0 Å². The molecule has 0 spiro atoms. The van der Waals surface area contributed by atoms with Crippen LogP contribution in [0.2, 0.25) is 0 Å². The molecule has 160 valence electrons. The lowest BCUT2D eigenvalue weighted by atomic mass is 10.0. The Hall–Kier alpha value is -4.65. The number of nitrogens with zero attached hydrogens (tertiary/aromatic N) is 3. The summed E-state index contributed by atoms with van der Waals surface area (Å²) in [7, 11) is 0. The summed E-state index contributed by atoms with van der Waals surface area (Å²) in [6, 6.07) is 25.5. The van der Waals surface area contributed by atoms with Crippen molar-refractivity contribution in [1.82, 2.24) is 0 Å². The molecule has 0 saturated heterocycles. The molecule has 0 radical (unpaired) electrons. The van der Waals surface area contributed by atoms with Gasteiger partial charge in [-0.05, 0) is 41.8 Å². The molecule has 7 heteroatoms. The predicted molar refractivity (Wildman–Crippen MR) is 127 cm³/mol. The molecule has 0 amide bonds. The summed E-state index contributed by atoms with van der Waals surface area (Å²) in [5.74, 6) is 0. The zero-order valence-corrected chi connectivity index (χ0v) is 17.6. The molecular weight excluding hydrogens is 418 g/mol. The fourth-order valence-corrected chi connectivity index (χ4v) is 4.18. The van der Waals surface area contributed by atoms with E-state index >= 15 is 0 Å². The summed E-state index contributed by atoms with van der Waals surface area (Å²) < 4.78 is 0. The van der Waals surface area contributed by atoms with E-state index < -0.39 is 9.85 Å². The first-order valence-electron chi connectivity index (χ1n) is 10.2. The Bertz CT molecular complexity index is 1480. The maximum absolute atomic E-state index is 11.8. The van der Waals surface area contributed by atoms with Gasteiger partial charge in [-0.3, -0.25) is 20.2 Å². The molecule has 0 saturated carbocycles. The second-order valence-electron chi connectivity index (χ2n) is 7.83. The van der Waals surface area contributed by atoms with Gasteiger partial charge in [-0.1, -0.05) is 60.2 Å². The van der Waals surface area contributed by atoms with Gasteiger partial charge in [-0.15, -0.1) is 0 Å². The van der Waals surface area contributed by atoms with Crippen LogP contribution in [0.5, 0.6) is 0 Å². The highest BCUT2D eigenvalue weighted by atomic mass is 16.6. The molecule has 1 aliphatic rings. The maximum Gasteiger partial charge on any atom is 0.284 e. The lowest BCUT2D eigenvalue weighted by Gasteiger charge is -2.06. The molecule has 0 heterocycles. The molecule has 0 fully saturated rings. The molecular formula is C26H17N3O4. The van der Waals surface area contributed by atoms with Crippen molar-refractivity contribution in [2.24, 2.45) is 4.99 Å². The lowest BCUT2D eigenvalue weighted by molar-refractivity contribution is -0.393. The number of nitro benzene ring substituents is 2. The van der Waals surface area contributed by atoms with Gasteiger partial charge in [-0.2, -0.15) is 0 Å². The SMILES string of the molecule is Cc1ccc2c(c1)C(=Nc1cccc(-c3ccccc3)c1)c1cc([N+](=O)[O-])cc([N+](=O)[O-])c1-2. The standard InChI is InChI=1S/C26H17N3O4/c1-16-10-11-21-22(12-16)26(23-14-20(28(30)31)15-24(25(21)23)29(32)33)27-19-9-5-8-18(13-19)17-6-3-2-4-7-17/h2-15H,1H3. The van der Waals surface area contributed by atoms with Crippen LogP contribution in [0.25, 0.3) is 22.3 Å². The Kier molecular flexibility index (Phi) is 4.79. The van der Waals surface area contributed by atoms with E-state index in [0.29, 0.717) is 28.1 Å². The first-order chi connectivity index (χ1) is 15.9. The highest BCUT2D eigenvalue weighted by Gasteiger charge is 2.34. The maximum atomic E-state index is 11.8. The molecule has 1 aliphatic carbocycles. The zero-order valence-electron chi connectivity index (χ0n) is 17.6. The summed E-state index contributed by atoms with van der Waals surface area (Å²) in [5, 5.41) is 23.3. The third kappa shape index (κ3) is 3.55. The number of benzene rings is 4. The van der Waals surface area contributed by atoms with Crippen LogP contribution in [0.15, 0.2) is 89.9 Å². The second kappa shape index (κ2) is 7.80. The van der Waals surface area contributed by atoms with Crippen molar-refractivity contribution in [2.45, 2.75) is 6.92 Å². The fourth-order valence-electron chi connectivity index (χ4n) is 4.18. The highest BCUT2D eigenvalue weighted by Crippen LogP contribution is 2.45. The molecule has 0 aromatic heterocycles. The Labute approximate surface area is 189 Å². The Morgan fingerprint density at radius 2 is 1.45 bits per heavy atom. The number of non-ortho nitro benzene ring substituents is 1. The van der Waals surface area contributed by atoms with Crippen LogP contribution in [-0.2, 0) is 0 Å². The predicted octanol–water partition coefficient (Wildman–Crippen LogP) is 6.63. The van der Waals surface area contributed by atoms with Crippen LogP contribution in [0.1, 0.15) is 16.7 Å². The van der Waals surface area contributed by atoms with Gasteiger partial charge in [0.2, 0.25) is 0 Å². The minimum Gasteiger partial charge on any atom is -0.258 e. The summed E-state index contributed by atoms with van der Waals surface area (Å²) >= 11 is 0. The zero-order chi connectivity index (χ0) is 23.1. The van der Waals surface area contributed by atoms with Gasteiger partial charge >= 0.3 is 0 Å². The van der Waals surface area contributed by atoms with E-state index in [-0.39, 0.29) is 11.4 Å². The highest BCUT2D eigenvalue weighted by molar-refractivity contribution is 6.26. The summed E-state index contributed by atoms with van der Waals surface area (Å²) in [4.78, 5) is 27.0. The number of hydrogen-bond donors (Lipinski definition) is 0. The molecule has 7 nitrogen and oxygen atoms in total. The third-order valence-electron chi connectivity index (χ3n) is 5.66. The van der Waals surface area contributed by atoms with Crippen LogP contribution in [0, 0.1) is 27.2 Å². The van der Waals surface area contributed by atoms with E-state index in [0.717, 1.165) is 28.3 Å². The van der Waals surface area contributed by atoms with Gasteiger partial charge in [0, 0.05) is 17.2 Å². The second-order valence-corrected chi connectivity index (χ2v) is 7.83. The summed E-state index contributed by atoms with van der Waals surface area (Å²) in [5.41, 5.74) is 5.60. The smallest absolute Gasteiger partial charge is 0.258 e. The number of aliphatic imine (C=N–C) groups is 1. The van der Waals surface area contributed by atoms with E-state index in [1.807, 2.05) is 79.7 Å². The van der Waals surface area contributed by atoms with E-state index in [9.17, 15) is 20.2 Å². The number of rotatable bonds is 4. The number of hydrogen-bond acceptors (Lipinski definition) is 5. The van der Waals surface area contributed by atoms with E-state index in [2.05, 4.69) is 0 Å². The molecule has 33 heavy (non-hydrogen) atoms. The average Bonchev–Trinajstić information content (AvgIpc) is 3.11.